The van der Waals surface area contributed by atoms with E-state index in [-0.39, 0.29) is 5.91 Å². The van der Waals surface area contributed by atoms with Crippen molar-refractivity contribution in [3.05, 3.63) is 63.8 Å². The Morgan fingerprint density at radius 2 is 1.83 bits per heavy atom. The number of hydrogen-bond acceptors (Lipinski definition) is 4. The summed E-state index contributed by atoms with van der Waals surface area (Å²) in [5, 5.41) is 4.76. The second kappa shape index (κ2) is 7.03. The first-order valence-electron chi connectivity index (χ1n) is 7.29. The summed E-state index contributed by atoms with van der Waals surface area (Å²) in [6, 6.07) is 16.6. The van der Waals surface area contributed by atoms with Gasteiger partial charge in [-0.05, 0) is 30.5 Å². The summed E-state index contributed by atoms with van der Waals surface area (Å²) >= 11 is 6.91. The van der Waals surface area contributed by atoms with Crippen LogP contribution in [0.15, 0.2) is 54.6 Å². The molecule has 6 heteroatoms. The molecule has 1 atom stereocenters. The Labute approximate surface area is 148 Å². The molecule has 0 aliphatic rings. The molecular weight excluding hydrogens is 346 g/mol. The molecule has 2 aromatic carbocycles. The molecular formula is C18H14ClNO3S. The van der Waals surface area contributed by atoms with Crippen LogP contribution in [-0.2, 0) is 9.53 Å². The first-order chi connectivity index (χ1) is 11.5. The van der Waals surface area contributed by atoms with Gasteiger partial charge in [0.1, 0.15) is 4.88 Å². The van der Waals surface area contributed by atoms with E-state index < -0.39 is 12.1 Å². The maximum Gasteiger partial charge on any atom is 0.349 e. The number of halogens is 1. The Kier molecular flexibility index (Phi) is 4.83. The van der Waals surface area contributed by atoms with Gasteiger partial charge in [0, 0.05) is 11.1 Å². The second-order valence-electron chi connectivity index (χ2n) is 5.17. The van der Waals surface area contributed by atoms with Crippen molar-refractivity contribution in [1.29, 1.82) is 0 Å². The van der Waals surface area contributed by atoms with E-state index in [1.807, 2.05) is 42.5 Å². The molecule has 0 bridgehead atoms. The number of rotatable bonds is 4. The number of fused-ring (bicyclic) bond motifs is 1. The highest BCUT2D eigenvalue weighted by molar-refractivity contribution is 7.17. The molecule has 0 radical (unpaired) electrons. The molecule has 0 saturated heterocycles. The molecule has 1 heterocycles. The van der Waals surface area contributed by atoms with Crippen LogP contribution in [-0.4, -0.2) is 18.0 Å². The molecule has 24 heavy (non-hydrogen) atoms. The number of amides is 1. The smallest absolute Gasteiger partial charge is 0.349 e. The quantitative estimate of drug-likeness (QED) is 0.684. The van der Waals surface area contributed by atoms with Gasteiger partial charge in [-0.25, -0.2) is 4.79 Å². The van der Waals surface area contributed by atoms with Crippen molar-refractivity contribution < 1.29 is 14.3 Å². The normalized spacial score (nSPS) is 11.9. The molecule has 1 N–H and O–H groups in total. The van der Waals surface area contributed by atoms with Crippen LogP contribution in [0, 0.1) is 0 Å². The summed E-state index contributed by atoms with van der Waals surface area (Å²) in [5.41, 5.74) is 0.681. The summed E-state index contributed by atoms with van der Waals surface area (Å²) in [6.07, 6.45) is -0.919. The van der Waals surface area contributed by atoms with Gasteiger partial charge in [0.25, 0.3) is 5.91 Å². The van der Waals surface area contributed by atoms with Crippen LogP contribution in [0.3, 0.4) is 0 Å². The number of carbonyl (C=O) groups is 2. The van der Waals surface area contributed by atoms with Crippen LogP contribution >= 0.6 is 22.9 Å². The highest BCUT2D eigenvalue weighted by Gasteiger charge is 2.20. The number of benzene rings is 2. The topological polar surface area (TPSA) is 55.4 Å². The SMILES string of the molecule is C[C@H](OC(=O)c1ccc(Cl)s1)C(=O)Nc1cccc2ccccc12. The number of nitrogens with one attached hydrogen (secondary N) is 1. The zero-order valence-corrected chi connectivity index (χ0v) is 14.4. The Morgan fingerprint density at radius 1 is 1.08 bits per heavy atom. The van der Waals surface area contributed by atoms with Gasteiger partial charge in [0.05, 0.1) is 4.34 Å². The van der Waals surface area contributed by atoms with Crippen molar-refractivity contribution >= 4 is 51.3 Å². The number of ether oxygens (including phenoxy) is 1. The van der Waals surface area contributed by atoms with Crippen molar-refractivity contribution in [3.63, 3.8) is 0 Å². The van der Waals surface area contributed by atoms with E-state index in [1.165, 1.54) is 6.92 Å². The summed E-state index contributed by atoms with van der Waals surface area (Å²) < 4.78 is 5.69. The largest absolute Gasteiger partial charge is 0.448 e. The molecule has 3 rings (SSSR count). The van der Waals surface area contributed by atoms with Crippen LogP contribution in [0.5, 0.6) is 0 Å². The van der Waals surface area contributed by atoms with Gasteiger partial charge >= 0.3 is 5.97 Å². The maximum atomic E-state index is 12.3. The maximum absolute atomic E-state index is 12.3. The third kappa shape index (κ3) is 3.58. The van der Waals surface area contributed by atoms with E-state index in [2.05, 4.69) is 5.32 Å². The fourth-order valence-corrected chi connectivity index (χ4v) is 3.19. The summed E-state index contributed by atoms with van der Waals surface area (Å²) in [5.74, 6) is -0.949. The van der Waals surface area contributed by atoms with Crippen LogP contribution in [0.1, 0.15) is 16.6 Å². The van der Waals surface area contributed by atoms with Gasteiger partial charge in [-0.1, -0.05) is 48.0 Å². The summed E-state index contributed by atoms with van der Waals surface area (Å²) in [7, 11) is 0. The number of carbonyl (C=O) groups excluding carboxylic acids is 2. The molecule has 0 fully saturated rings. The minimum Gasteiger partial charge on any atom is -0.448 e. The lowest BCUT2D eigenvalue weighted by Crippen LogP contribution is -2.29. The Bertz CT molecular complexity index is 901. The van der Waals surface area contributed by atoms with Gasteiger partial charge in [-0.2, -0.15) is 0 Å². The van der Waals surface area contributed by atoms with E-state index in [4.69, 9.17) is 16.3 Å². The lowest BCUT2D eigenvalue weighted by molar-refractivity contribution is -0.123. The lowest BCUT2D eigenvalue weighted by atomic mass is 10.1. The van der Waals surface area contributed by atoms with Gasteiger partial charge in [0.2, 0.25) is 0 Å². The minimum atomic E-state index is -0.919. The molecule has 0 saturated carbocycles. The zero-order valence-electron chi connectivity index (χ0n) is 12.8. The second-order valence-corrected chi connectivity index (χ2v) is 6.88. The molecule has 0 unspecified atom stereocenters. The lowest BCUT2D eigenvalue weighted by Gasteiger charge is -2.14. The molecule has 4 nitrogen and oxygen atoms in total. The van der Waals surface area contributed by atoms with Gasteiger partial charge < -0.3 is 10.1 Å². The van der Waals surface area contributed by atoms with Crippen LogP contribution in [0.4, 0.5) is 5.69 Å². The molecule has 0 spiro atoms. The van der Waals surface area contributed by atoms with Gasteiger partial charge in [-0.3, -0.25) is 4.79 Å². The van der Waals surface area contributed by atoms with Gasteiger partial charge in [0.15, 0.2) is 6.10 Å². The number of anilines is 1. The van der Waals surface area contributed by atoms with E-state index in [1.54, 1.807) is 12.1 Å². The summed E-state index contributed by atoms with van der Waals surface area (Å²) in [4.78, 5) is 24.7. The predicted molar refractivity (Wildman–Crippen MR) is 96.8 cm³/mol. The third-order valence-corrected chi connectivity index (χ3v) is 4.69. The average Bonchev–Trinajstić information content (AvgIpc) is 3.01. The van der Waals surface area contributed by atoms with Crippen LogP contribution < -0.4 is 5.32 Å². The molecule has 1 aromatic heterocycles. The fraction of sp³-hybridized carbons (Fsp3) is 0.111. The predicted octanol–water partition coefficient (Wildman–Crippen LogP) is 4.74. The van der Waals surface area contributed by atoms with Crippen molar-refractivity contribution in [1.82, 2.24) is 0 Å². The highest BCUT2D eigenvalue weighted by atomic mass is 35.5. The zero-order chi connectivity index (χ0) is 17.1. The van der Waals surface area contributed by atoms with Crippen LogP contribution in [0.25, 0.3) is 10.8 Å². The number of esters is 1. The molecule has 0 aliphatic carbocycles. The molecule has 1 amide bonds. The first kappa shape index (κ1) is 16.5. The molecule has 3 aromatic rings. The standard InChI is InChI=1S/C18H14ClNO3S/c1-11(23-18(22)15-9-10-16(19)24-15)17(21)20-14-8-4-6-12-5-2-3-7-13(12)14/h2-11H,1H3,(H,20,21)/t11-/m0/s1. The summed E-state index contributed by atoms with van der Waals surface area (Å²) in [6.45, 7) is 1.54. The third-order valence-electron chi connectivity index (χ3n) is 3.47. The highest BCUT2D eigenvalue weighted by Crippen LogP contribution is 2.24. The van der Waals surface area contributed by atoms with E-state index in [0.29, 0.717) is 14.9 Å². The van der Waals surface area contributed by atoms with E-state index in [9.17, 15) is 9.59 Å². The van der Waals surface area contributed by atoms with E-state index >= 15 is 0 Å². The van der Waals surface area contributed by atoms with E-state index in [0.717, 1.165) is 22.1 Å². The number of thiophene rings is 1. The van der Waals surface area contributed by atoms with Crippen molar-refractivity contribution in [3.8, 4) is 0 Å². The van der Waals surface area contributed by atoms with Crippen molar-refractivity contribution in [2.45, 2.75) is 13.0 Å². The van der Waals surface area contributed by atoms with Crippen LogP contribution in [0.2, 0.25) is 4.34 Å². The molecule has 0 aliphatic heterocycles. The van der Waals surface area contributed by atoms with Crippen molar-refractivity contribution in [2.24, 2.45) is 0 Å². The fourth-order valence-electron chi connectivity index (χ4n) is 2.26. The number of hydrogen-bond donors (Lipinski definition) is 1. The Hall–Kier alpha value is -2.37. The van der Waals surface area contributed by atoms with Crippen molar-refractivity contribution in [2.75, 3.05) is 5.32 Å². The van der Waals surface area contributed by atoms with Gasteiger partial charge in [-0.15, -0.1) is 11.3 Å². The molecule has 122 valence electrons. The average molecular weight is 360 g/mol. The Morgan fingerprint density at radius 3 is 2.58 bits per heavy atom. The minimum absolute atomic E-state index is 0.366. The monoisotopic (exact) mass is 359 g/mol. The Balaban J connectivity index is 1.71. The first-order valence-corrected chi connectivity index (χ1v) is 8.49.